The van der Waals surface area contributed by atoms with Crippen molar-refractivity contribution in [1.82, 2.24) is 9.47 Å². The molecule has 0 saturated carbocycles. The maximum Gasteiger partial charge on any atom is 0.418 e. The standard InChI is InChI=1S/C28H30N2O4S/c1-4-18-17-29(14-15-35-19-10-6-5-7-11-19)23-16-21(18)25(27(31)33-2)24-20-12-8-9-13-22(20)30(26(23)24)28(32)34-3/h4-13,21,23,25H,14-17H2,1-3H3/b18-4-/t21-,23-,25-/m1/s1. The number of allylic oxidation sites excluding steroid dienone is 1. The summed E-state index contributed by atoms with van der Waals surface area (Å²) in [5, 5.41) is 0.911. The van der Waals surface area contributed by atoms with Gasteiger partial charge in [0.15, 0.2) is 0 Å². The van der Waals surface area contributed by atoms with Crippen LogP contribution >= 0.6 is 11.8 Å². The molecular weight excluding hydrogens is 460 g/mol. The highest BCUT2D eigenvalue weighted by Crippen LogP contribution is 2.53. The smallest absolute Gasteiger partial charge is 0.418 e. The molecule has 35 heavy (non-hydrogen) atoms. The van der Waals surface area contributed by atoms with Gasteiger partial charge in [-0.15, -0.1) is 11.8 Å². The Labute approximate surface area is 209 Å². The third-order valence-corrected chi connectivity index (χ3v) is 8.33. The van der Waals surface area contributed by atoms with Crippen LogP contribution in [0.2, 0.25) is 0 Å². The molecule has 1 aliphatic carbocycles. The minimum Gasteiger partial charge on any atom is -0.469 e. The molecule has 0 N–H and O–H groups in total. The lowest BCUT2D eigenvalue weighted by atomic mass is 9.68. The highest BCUT2D eigenvalue weighted by molar-refractivity contribution is 7.99. The van der Waals surface area contributed by atoms with Gasteiger partial charge in [0, 0.05) is 35.0 Å². The first-order chi connectivity index (χ1) is 17.1. The van der Waals surface area contributed by atoms with Crippen LogP contribution in [0.1, 0.15) is 36.6 Å². The SMILES string of the molecule is C/C=C1/CN(CCSc2ccccc2)[C@@H]2C[C@H]1[C@@H](C(=O)OC)c1c2n(C(=O)OC)c2ccccc12. The average molecular weight is 491 g/mol. The van der Waals surface area contributed by atoms with Crippen LogP contribution in [0.25, 0.3) is 10.9 Å². The number of likely N-dealkylation sites (tertiary alicyclic amines) is 1. The molecule has 5 rings (SSSR count). The third kappa shape index (κ3) is 4.06. The zero-order valence-electron chi connectivity index (χ0n) is 20.3. The second-order valence-electron chi connectivity index (χ2n) is 8.98. The Morgan fingerprint density at radius 3 is 2.51 bits per heavy atom. The van der Waals surface area contributed by atoms with Crippen molar-refractivity contribution in [3.05, 3.63) is 77.5 Å². The summed E-state index contributed by atoms with van der Waals surface area (Å²) in [5.41, 5.74) is 3.79. The van der Waals surface area contributed by atoms with Crippen LogP contribution in [0.4, 0.5) is 4.79 Å². The van der Waals surface area contributed by atoms with Gasteiger partial charge in [-0.05, 0) is 37.1 Å². The van der Waals surface area contributed by atoms with Crippen molar-refractivity contribution in [2.45, 2.75) is 30.2 Å². The largest absolute Gasteiger partial charge is 0.469 e. The lowest BCUT2D eigenvalue weighted by Crippen LogP contribution is -2.47. The van der Waals surface area contributed by atoms with Crippen molar-refractivity contribution < 1.29 is 19.1 Å². The van der Waals surface area contributed by atoms with Gasteiger partial charge in [0.05, 0.1) is 37.4 Å². The molecule has 0 amide bonds. The molecule has 1 saturated heterocycles. The fraction of sp³-hybridized carbons (Fsp3) is 0.357. The molecule has 1 aromatic heterocycles. The Bertz CT molecular complexity index is 1280. The van der Waals surface area contributed by atoms with E-state index in [9.17, 15) is 9.59 Å². The number of benzene rings is 2. The molecule has 2 aliphatic rings. The number of hydrogen-bond donors (Lipinski definition) is 0. The van der Waals surface area contributed by atoms with Gasteiger partial charge < -0.3 is 9.47 Å². The highest BCUT2D eigenvalue weighted by atomic mass is 32.2. The van der Waals surface area contributed by atoms with Crippen molar-refractivity contribution >= 4 is 34.7 Å². The minimum atomic E-state index is -0.450. The number of rotatable bonds is 5. The molecule has 1 fully saturated rings. The molecule has 3 atom stereocenters. The van der Waals surface area contributed by atoms with Crippen molar-refractivity contribution in [1.29, 1.82) is 0 Å². The third-order valence-electron chi connectivity index (χ3n) is 7.33. The summed E-state index contributed by atoms with van der Waals surface area (Å²) in [6.07, 6.45) is 2.48. The predicted octanol–water partition coefficient (Wildman–Crippen LogP) is 5.63. The Hall–Kier alpha value is -3.03. The Balaban J connectivity index is 1.62. The van der Waals surface area contributed by atoms with Crippen LogP contribution in [0.15, 0.2) is 71.1 Å². The zero-order valence-corrected chi connectivity index (χ0v) is 21.1. The number of para-hydroxylation sites is 1. The first-order valence-corrected chi connectivity index (χ1v) is 12.9. The average Bonchev–Trinajstić information content (AvgIpc) is 3.24. The number of hydrogen-bond acceptors (Lipinski definition) is 6. The molecule has 7 heteroatoms. The number of carbonyl (C=O) groups is 2. The second-order valence-corrected chi connectivity index (χ2v) is 10.1. The van der Waals surface area contributed by atoms with Crippen molar-refractivity contribution in [2.24, 2.45) is 5.92 Å². The van der Waals surface area contributed by atoms with E-state index in [0.29, 0.717) is 0 Å². The number of nitrogens with zero attached hydrogens (tertiary/aromatic N) is 2. The molecule has 182 valence electrons. The Morgan fingerprint density at radius 1 is 1.06 bits per heavy atom. The number of methoxy groups -OCH3 is 2. The van der Waals surface area contributed by atoms with E-state index in [1.165, 1.54) is 24.7 Å². The number of esters is 1. The van der Waals surface area contributed by atoms with Crippen LogP contribution in [-0.4, -0.2) is 54.6 Å². The molecule has 1 aliphatic heterocycles. The van der Waals surface area contributed by atoms with Crippen LogP contribution < -0.4 is 0 Å². The van der Waals surface area contributed by atoms with E-state index in [-0.39, 0.29) is 17.9 Å². The van der Waals surface area contributed by atoms with Gasteiger partial charge in [0.1, 0.15) is 0 Å². The first kappa shape index (κ1) is 23.7. The number of carbonyl (C=O) groups excluding carboxylic acids is 2. The maximum absolute atomic E-state index is 13.2. The van der Waals surface area contributed by atoms with E-state index in [0.717, 1.165) is 47.4 Å². The van der Waals surface area contributed by atoms with Crippen molar-refractivity contribution in [2.75, 3.05) is 33.1 Å². The van der Waals surface area contributed by atoms with Gasteiger partial charge in [-0.1, -0.05) is 48.0 Å². The van der Waals surface area contributed by atoms with Gasteiger partial charge in [-0.25, -0.2) is 9.36 Å². The maximum atomic E-state index is 13.2. The molecule has 0 unspecified atom stereocenters. The molecule has 3 aromatic rings. The van der Waals surface area contributed by atoms with Gasteiger partial charge >= 0.3 is 12.1 Å². The van der Waals surface area contributed by atoms with E-state index < -0.39 is 12.0 Å². The number of aromatic nitrogens is 1. The fourth-order valence-electron chi connectivity index (χ4n) is 5.81. The van der Waals surface area contributed by atoms with Crippen LogP contribution in [0.3, 0.4) is 0 Å². The molecule has 6 nitrogen and oxygen atoms in total. The van der Waals surface area contributed by atoms with Crippen LogP contribution in [0, 0.1) is 5.92 Å². The first-order valence-electron chi connectivity index (χ1n) is 11.9. The number of ether oxygens (including phenoxy) is 2. The van der Waals surface area contributed by atoms with Crippen LogP contribution in [-0.2, 0) is 14.3 Å². The summed E-state index contributed by atoms with van der Waals surface area (Å²) < 4.78 is 12.2. The monoisotopic (exact) mass is 490 g/mol. The number of thioether (sulfide) groups is 1. The molecule has 0 radical (unpaired) electrons. The summed E-state index contributed by atoms with van der Waals surface area (Å²) in [5.74, 6) is 0.264. The zero-order chi connectivity index (χ0) is 24.5. The molecule has 2 heterocycles. The molecule has 0 spiro atoms. The van der Waals surface area contributed by atoms with Crippen LogP contribution in [0.5, 0.6) is 0 Å². The summed E-state index contributed by atoms with van der Waals surface area (Å²) >= 11 is 1.83. The lowest BCUT2D eigenvalue weighted by Gasteiger charge is -2.47. The predicted molar refractivity (Wildman–Crippen MR) is 138 cm³/mol. The Morgan fingerprint density at radius 2 is 1.80 bits per heavy atom. The molecular formula is C28H30N2O4S. The molecule has 2 aromatic carbocycles. The van der Waals surface area contributed by atoms with Gasteiger partial charge in [-0.2, -0.15) is 0 Å². The lowest BCUT2D eigenvalue weighted by molar-refractivity contribution is -0.144. The van der Waals surface area contributed by atoms with E-state index in [1.54, 1.807) is 4.57 Å². The summed E-state index contributed by atoms with van der Waals surface area (Å²) in [6.45, 7) is 3.67. The van der Waals surface area contributed by atoms with Gasteiger partial charge in [-0.3, -0.25) is 9.69 Å². The van der Waals surface area contributed by atoms with E-state index >= 15 is 0 Å². The minimum absolute atomic E-state index is 0.00230. The van der Waals surface area contributed by atoms with Gasteiger partial charge in [0.2, 0.25) is 0 Å². The van der Waals surface area contributed by atoms with Gasteiger partial charge in [0.25, 0.3) is 0 Å². The van der Waals surface area contributed by atoms with E-state index in [4.69, 9.17) is 9.47 Å². The normalized spacial score (nSPS) is 22.7. The number of piperidine rings is 1. The Kier molecular flexibility index (Phi) is 6.71. The summed E-state index contributed by atoms with van der Waals surface area (Å²) in [4.78, 5) is 30.0. The van der Waals surface area contributed by atoms with Crippen molar-refractivity contribution in [3.8, 4) is 0 Å². The number of fused-ring (bicyclic) bond motifs is 6. The quantitative estimate of drug-likeness (QED) is 0.263. The van der Waals surface area contributed by atoms with Crippen molar-refractivity contribution in [3.63, 3.8) is 0 Å². The fourth-order valence-corrected chi connectivity index (χ4v) is 6.72. The van der Waals surface area contributed by atoms with E-state index in [1.807, 2.05) is 49.0 Å². The summed E-state index contributed by atoms with van der Waals surface area (Å²) in [7, 11) is 2.85. The van der Waals surface area contributed by atoms with E-state index in [2.05, 4.69) is 35.2 Å². The molecule has 2 bridgehead atoms. The second kappa shape index (κ2) is 9.91. The topological polar surface area (TPSA) is 60.8 Å². The highest BCUT2D eigenvalue weighted by Gasteiger charge is 2.49. The summed E-state index contributed by atoms with van der Waals surface area (Å²) in [6, 6.07) is 18.2.